The molecule has 1 atom stereocenters. The number of carbonyl (C=O) groups excluding carboxylic acids is 1. The first-order valence-electron chi connectivity index (χ1n) is 10.6. The van der Waals surface area contributed by atoms with Crippen LogP contribution in [0.3, 0.4) is 0 Å². The van der Waals surface area contributed by atoms with Crippen LogP contribution < -0.4 is 4.74 Å². The smallest absolute Gasteiger partial charge is 0.416 e. The first kappa shape index (κ1) is 24.4. The summed E-state index contributed by atoms with van der Waals surface area (Å²) in [5.74, 6) is -0.666. The SMILES string of the molecule is CC(C)(Oc1cccc([C@@H]2CCCN(C(=O)OCc3cccc(C(F)(F)F)c3)C2)c1)C(=O)O. The fourth-order valence-electron chi connectivity index (χ4n) is 3.66. The number of aliphatic carboxylic acids is 1. The molecule has 0 saturated carbocycles. The van der Waals surface area contributed by atoms with Crippen molar-refractivity contribution < 1.29 is 37.3 Å². The van der Waals surface area contributed by atoms with Gasteiger partial charge in [-0.25, -0.2) is 9.59 Å². The van der Waals surface area contributed by atoms with E-state index in [0.717, 1.165) is 30.5 Å². The third-order valence-corrected chi connectivity index (χ3v) is 5.51. The van der Waals surface area contributed by atoms with Gasteiger partial charge in [-0.15, -0.1) is 0 Å². The molecular weight excluding hydrogens is 439 g/mol. The number of hydrogen-bond donors (Lipinski definition) is 1. The number of nitrogens with zero attached hydrogens (tertiary/aromatic N) is 1. The van der Waals surface area contributed by atoms with Gasteiger partial charge >= 0.3 is 18.2 Å². The first-order valence-corrected chi connectivity index (χ1v) is 10.6. The van der Waals surface area contributed by atoms with Crippen LogP contribution in [0.5, 0.6) is 5.75 Å². The lowest BCUT2D eigenvalue weighted by Gasteiger charge is -2.32. The lowest BCUT2D eigenvalue weighted by atomic mass is 9.90. The summed E-state index contributed by atoms with van der Waals surface area (Å²) in [5, 5.41) is 9.27. The van der Waals surface area contributed by atoms with Gasteiger partial charge < -0.3 is 19.5 Å². The second-order valence-corrected chi connectivity index (χ2v) is 8.53. The topological polar surface area (TPSA) is 76.1 Å². The van der Waals surface area contributed by atoms with Crippen LogP contribution in [0.2, 0.25) is 0 Å². The highest BCUT2D eigenvalue weighted by Gasteiger charge is 2.31. The molecule has 2 aromatic carbocycles. The van der Waals surface area contributed by atoms with Crippen LogP contribution in [0.15, 0.2) is 48.5 Å². The zero-order chi connectivity index (χ0) is 24.2. The van der Waals surface area contributed by atoms with Crippen molar-refractivity contribution in [3.05, 3.63) is 65.2 Å². The molecule has 1 aliphatic rings. The zero-order valence-corrected chi connectivity index (χ0v) is 18.4. The summed E-state index contributed by atoms with van der Waals surface area (Å²) in [5.41, 5.74) is -1.01. The standard InChI is InChI=1S/C24H26F3NO5/c1-23(2,21(29)30)33-20-10-4-7-17(13-20)18-8-5-11-28(14-18)22(31)32-15-16-6-3-9-19(12-16)24(25,26)27/h3-4,6-7,9-10,12-13,18H,5,8,11,14-15H2,1-2H3,(H,29,30)/t18-/m1/s1. The van der Waals surface area contributed by atoms with E-state index in [4.69, 9.17) is 9.47 Å². The quantitative estimate of drug-likeness (QED) is 0.613. The molecular formula is C24H26F3NO5. The molecule has 9 heteroatoms. The molecule has 2 aromatic rings. The van der Waals surface area contributed by atoms with Crippen molar-refractivity contribution in [2.75, 3.05) is 13.1 Å². The molecule has 0 bridgehead atoms. The third kappa shape index (κ3) is 6.40. The van der Waals surface area contributed by atoms with E-state index >= 15 is 0 Å². The number of benzene rings is 2. The maximum atomic E-state index is 12.9. The first-order chi connectivity index (χ1) is 15.5. The van der Waals surface area contributed by atoms with Gasteiger partial charge in [-0.2, -0.15) is 13.2 Å². The van der Waals surface area contributed by atoms with E-state index in [0.29, 0.717) is 18.8 Å². The Balaban J connectivity index is 1.62. The number of carboxylic acid groups (broad SMARTS) is 1. The Morgan fingerprint density at radius 3 is 2.55 bits per heavy atom. The average Bonchev–Trinajstić information content (AvgIpc) is 2.77. The monoisotopic (exact) mass is 465 g/mol. The molecule has 1 heterocycles. The Morgan fingerprint density at radius 1 is 1.12 bits per heavy atom. The minimum Gasteiger partial charge on any atom is -0.478 e. The molecule has 1 amide bonds. The number of amides is 1. The number of carboxylic acids is 1. The fraction of sp³-hybridized carbons (Fsp3) is 0.417. The largest absolute Gasteiger partial charge is 0.478 e. The maximum absolute atomic E-state index is 12.9. The van der Waals surface area contributed by atoms with Crippen LogP contribution >= 0.6 is 0 Å². The average molecular weight is 465 g/mol. The van der Waals surface area contributed by atoms with Crippen molar-refractivity contribution in [1.82, 2.24) is 4.90 Å². The molecule has 0 aromatic heterocycles. The van der Waals surface area contributed by atoms with Crippen LogP contribution in [0.4, 0.5) is 18.0 Å². The minimum absolute atomic E-state index is 0.00338. The summed E-state index contributed by atoms with van der Waals surface area (Å²) >= 11 is 0. The lowest BCUT2D eigenvalue weighted by molar-refractivity contribution is -0.152. The molecule has 1 saturated heterocycles. The van der Waals surface area contributed by atoms with Crippen LogP contribution in [0.1, 0.15) is 49.3 Å². The molecule has 6 nitrogen and oxygen atoms in total. The second-order valence-electron chi connectivity index (χ2n) is 8.53. The van der Waals surface area contributed by atoms with Crippen molar-refractivity contribution in [3.63, 3.8) is 0 Å². The highest BCUT2D eigenvalue weighted by atomic mass is 19.4. The Morgan fingerprint density at radius 2 is 1.85 bits per heavy atom. The van der Waals surface area contributed by atoms with Crippen molar-refractivity contribution in [3.8, 4) is 5.75 Å². The van der Waals surface area contributed by atoms with E-state index < -0.39 is 29.4 Å². The molecule has 178 valence electrons. The summed E-state index contributed by atoms with van der Waals surface area (Å²) < 4.78 is 49.5. The molecule has 1 aliphatic heterocycles. The number of hydrogen-bond acceptors (Lipinski definition) is 4. The Labute approximate surface area is 189 Å². The van der Waals surface area contributed by atoms with Crippen LogP contribution in [-0.2, 0) is 22.3 Å². The summed E-state index contributed by atoms with van der Waals surface area (Å²) in [6, 6.07) is 11.8. The van der Waals surface area contributed by atoms with Gasteiger partial charge in [0.1, 0.15) is 12.4 Å². The van der Waals surface area contributed by atoms with Gasteiger partial charge in [0.2, 0.25) is 0 Å². The van der Waals surface area contributed by atoms with Crippen molar-refractivity contribution >= 4 is 12.1 Å². The van der Waals surface area contributed by atoms with Crippen LogP contribution in [0, 0.1) is 0 Å². The van der Waals surface area contributed by atoms with E-state index in [-0.39, 0.29) is 18.1 Å². The molecule has 3 rings (SSSR count). The third-order valence-electron chi connectivity index (χ3n) is 5.51. The second kappa shape index (κ2) is 9.72. The highest BCUT2D eigenvalue weighted by Crippen LogP contribution is 2.31. The van der Waals surface area contributed by atoms with Crippen LogP contribution in [-0.4, -0.2) is 40.8 Å². The number of rotatable bonds is 6. The summed E-state index contributed by atoms with van der Waals surface area (Å²) in [7, 11) is 0. The molecule has 1 fully saturated rings. The van der Waals surface area contributed by atoms with Gasteiger partial charge in [-0.05, 0) is 62.1 Å². The summed E-state index contributed by atoms with van der Waals surface area (Å²) in [6.45, 7) is 3.54. The van der Waals surface area contributed by atoms with Crippen molar-refractivity contribution in [2.45, 2.75) is 51.0 Å². The molecule has 0 unspecified atom stereocenters. The number of ether oxygens (including phenoxy) is 2. The Hall–Kier alpha value is -3.23. The fourth-order valence-corrected chi connectivity index (χ4v) is 3.66. The predicted molar refractivity (Wildman–Crippen MR) is 114 cm³/mol. The van der Waals surface area contributed by atoms with Gasteiger partial charge in [-0.1, -0.05) is 24.3 Å². The summed E-state index contributed by atoms with van der Waals surface area (Å²) in [4.78, 5) is 25.4. The number of halogens is 3. The number of likely N-dealkylation sites (tertiary alicyclic amines) is 1. The van der Waals surface area contributed by atoms with Gasteiger partial charge in [0.05, 0.1) is 5.56 Å². The van der Waals surface area contributed by atoms with Gasteiger partial charge in [0, 0.05) is 19.0 Å². The van der Waals surface area contributed by atoms with Crippen molar-refractivity contribution in [1.29, 1.82) is 0 Å². The van der Waals surface area contributed by atoms with Gasteiger partial charge in [0.15, 0.2) is 5.60 Å². The van der Waals surface area contributed by atoms with Crippen LogP contribution in [0.25, 0.3) is 0 Å². The van der Waals surface area contributed by atoms with E-state index in [2.05, 4.69) is 0 Å². The zero-order valence-electron chi connectivity index (χ0n) is 18.4. The van der Waals surface area contributed by atoms with E-state index in [1.54, 1.807) is 18.2 Å². The molecule has 0 radical (unpaired) electrons. The number of piperidine rings is 1. The Kier molecular flexibility index (Phi) is 7.19. The lowest BCUT2D eigenvalue weighted by Crippen LogP contribution is -2.39. The van der Waals surface area contributed by atoms with Gasteiger partial charge in [-0.3, -0.25) is 0 Å². The number of alkyl halides is 3. The highest BCUT2D eigenvalue weighted by molar-refractivity contribution is 5.76. The normalized spacial score (nSPS) is 16.9. The molecule has 33 heavy (non-hydrogen) atoms. The van der Waals surface area contributed by atoms with E-state index in [9.17, 15) is 27.9 Å². The Bertz CT molecular complexity index is 1010. The maximum Gasteiger partial charge on any atom is 0.416 e. The minimum atomic E-state index is -4.46. The predicted octanol–water partition coefficient (Wildman–Crippen LogP) is 5.46. The van der Waals surface area contributed by atoms with Gasteiger partial charge in [0.25, 0.3) is 0 Å². The molecule has 0 spiro atoms. The summed E-state index contributed by atoms with van der Waals surface area (Å²) in [6.07, 6.45) is -3.49. The number of carbonyl (C=O) groups is 2. The van der Waals surface area contributed by atoms with E-state index in [1.807, 2.05) is 6.07 Å². The van der Waals surface area contributed by atoms with Crippen molar-refractivity contribution in [2.24, 2.45) is 0 Å². The van der Waals surface area contributed by atoms with E-state index in [1.165, 1.54) is 30.9 Å². The molecule has 0 aliphatic carbocycles. The molecule has 1 N–H and O–H groups in total.